The van der Waals surface area contributed by atoms with Gasteiger partial charge in [-0.25, -0.2) is 17.6 Å². The number of carbonyl (C=O) groups is 4. The smallest absolute Gasteiger partial charge is 0.411 e. The lowest BCUT2D eigenvalue weighted by Gasteiger charge is -2.26. The molecular weight excluding hydrogens is 567 g/mol. The summed E-state index contributed by atoms with van der Waals surface area (Å²) in [5, 5.41) is 4.57. The molecule has 42 heavy (non-hydrogen) atoms. The summed E-state index contributed by atoms with van der Waals surface area (Å²) in [5.41, 5.74) is -0.761. The number of hydrogen-bond acceptors (Lipinski definition) is 7. The molecule has 3 aliphatic carbocycles. The molecule has 0 unspecified atom stereocenters. The summed E-state index contributed by atoms with van der Waals surface area (Å²) in [4.78, 5) is 54.8. The van der Waals surface area contributed by atoms with Gasteiger partial charge in [0.2, 0.25) is 21.8 Å². The van der Waals surface area contributed by atoms with E-state index in [9.17, 15) is 32.0 Å². The quantitative estimate of drug-likeness (QED) is 0.437. The Morgan fingerprint density at radius 3 is 2.62 bits per heavy atom. The molecule has 1 aliphatic heterocycles. The molecule has 3 saturated carbocycles. The van der Waals surface area contributed by atoms with Gasteiger partial charge in [0.05, 0.1) is 22.8 Å². The number of nitrogens with zero attached hydrogens (tertiary/aromatic N) is 1. The van der Waals surface area contributed by atoms with Crippen LogP contribution in [0.1, 0.15) is 56.9 Å². The first-order valence-electron chi connectivity index (χ1n) is 14.4. The van der Waals surface area contributed by atoms with Crippen LogP contribution in [0.4, 0.5) is 14.9 Å². The molecule has 4 aliphatic rings. The van der Waals surface area contributed by atoms with Crippen LogP contribution in [0, 0.1) is 30.5 Å². The molecule has 11 nitrogen and oxygen atoms in total. The summed E-state index contributed by atoms with van der Waals surface area (Å²) in [6, 6.07) is 4.25. The number of ether oxygens (including phenoxy) is 1. The number of nitrogens with one attached hydrogen (secondary N) is 3. The van der Waals surface area contributed by atoms with Gasteiger partial charge in [-0.3, -0.25) is 24.4 Å². The van der Waals surface area contributed by atoms with Gasteiger partial charge >= 0.3 is 6.09 Å². The van der Waals surface area contributed by atoms with E-state index in [0.29, 0.717) is 25.8 Å². The highest BCUT2D eigenvalue weighted by atomic mass is 32.2. The summed E-state index contributed by atoms with van der Waals surface area (Å²) in [5.74, 6) is -4.41. The average molecular weight is 605 g/mol. The Labute approximate surface area is 244 Å². The SMILES string of the molecule is Cc1ccc(F)c(NC(=O)O[C@@H]2C[C@@H]3C(=O)N[C@]4(C(=O)NS(=O)(=O)C5CC5)C[C@@H]4/C=C\CCCCN(C)C(=O)[C@H]3C2)c1. The van der Waals surface area contributed by atoms with Crippen LogP contribution in [-0.4, -0.2) is 67.6 Å². The van der Waals surface area contributed by atoms with Crippen LogP contribution in [-0.2, 0) is 29.1 Å². The van der Waals surface area contributed by atoms with E-state index in [2.05, 4.69) is 15.4 Å². The fourth-order valence-corrected chi connectivity index (χ4v) is 7.28. The van der Waals surface area contributed by atoms with Crippen LogP contribution in [0.3, 0.4) is 0 Å². The van der Waals surface area contributed by atoms with Crippen molar-refractivity contribution in [3.63, 3.8) is 0 Å². The van der Waals surface area contributed by atoms with Crippen LogP contribution in [0.15, 0.2) is 30.4 Å². The first-order valence-corrected chi connectivity index (χ1v) is 16.0. The van der Waals surface area contributed by atoms with E-state index in [1.807, 2.05) is 12.2 Å². The Kier molecular flexibility index (Phi) is 8.32. The van der Waals surface area contributed by atoms with E-state index in [4.69, 9.17) is 4.74 Å². The van der Waals surface area contributed by atoms with E-state index in [1.165, 1.54) is 12.1 Å². The Bertz CT molecular complexity index is 1410. The van der Waals surface area contributed by atoms with E-state index < -0.39 is 62.5 Å². The number of allylic oxidation sites excluding steroid dienone is 1. The Morgan fingerprint density at radius 2 is 1.88 bits per heavy atom. The van der Waals surface area contributed by atoms with Crippen molar-refractivity contribution < 1.29 is 36.7 Å². The summed E-state index contributed by atoms with van der Waals surface area (Å²) < 4.78 is 46.9. The lowest BCUT2D eigenvalue weighted by Crippen LogP contribution is -2.54. The highest BCUT2D eigenvalue weighted by Crippen LogP contribution is 2.47. The van der Waals surface area contributed by atoms with Crippen LogP contribution < -0.4 is 15.4 Å². The molecule has 0 spiro atoms. The average Bonchev–Trinajstić information content (AvgIpc) is 3.85. The van der Waals surface area contributed by atoms with Crippen molar-refractivity contribution in [2.24, 2.45) is 17.8 Å². The molecule has 228 valence electrons. The largest absolute Gasteiger partial charge is 0.446 e. The van der Waals surface area contributed by atoms with Crippen molar-refractivity contribution in [2.75, 3.05) is 18.9 Å². The predicted molar refractivity (Wildman–Crippen MR) is 151 cm³/mol. The summed E-state index contributed by atoms with van der Waals surface area (Å²) in [6.45, 7) is 2.24. The number of fused-ring (bicyclic) bond motifs is 2. The Hall–Kier alpha value is -3.48. The van der Waals surface area contributed by atoms with Gasteiger partial charge in [0.25, 0.3) is 5.91 Å². The van der Waals surface area contributed by atoms with Crippen molar-refractivity contribution >= 4 is 39.5 Å². The number of hydrogen-bond donors (Lipinski definition) is 3. The number of aryl methyl sites for hydroxylation is 1. The van der Waals surface area contributed by atoms with Gasteiger partial charge in [0.1, 0.15) is 17.5 Å². The van der Waals surface area contributed by atoms with E-state index in [0.717, 1.165) is 18.4 Å². The van der Waals surface area contributed by atoms with Gasteiger partial charge in [0.15, 0.2) is 0 Å². The molecule has 0 radical (unpaired) electrons. The van der Waals surface area contributed by atoms with Gasteiger partial charge in [-0.1, -0.05) is 18.2 Å². The second kappa shape index (κ2) is 11.7. The number of amides is 4. The molecule has 13 heteroatoms. The molecule has 1 aromatic carbocycles. The van der Waals surface area contributed by atoms with Gasteiger partial charge in [-0.2, -0.15) is 0 Å². The molecule has 1 aromatic rings. The first-order chi connectivity index (χ1) is 19.9. The number of carbonyl (C=O) groups excluding carboxylic acids is 4. The second-order valence-electron chi connectivity index (χ2n) is 12.0. The topological polar surface area (TPSA) is 151 Å². The second-order valence-corrected chi connectivity index (χ2v) is 13.9. The van der Waals surface area contributed by atoms with Crippen LogP contribution in [0.5, 0.6) is 0 Å². The van der Waals surface area contributed by atoms with E-state index >= 15 is 0 Å². The zero-order valence-corrected chi connectivity index (χ0v) is 24.5. The molecule has 3 N–H and O–H groups in total. The molecule has 0 aromatic heterocycles. The maximum atomic E-state index is 14.2. The van der Waals surface area contributed by atoms with E-state index in [-0.39, 0.29) is 36.8 Å². The Balaban J connectivity index is 1.35. The molecule has 0 bridgehead atoms. The third-order valence-corrected chi connectivity index (χ3v) is 10.4. The monoisotopic (exact) mass is 604 g/mol. The first kappa shape index (κ1) is 30.0. The van der Waals surface area contributed by atoms with Crippen molar-refractivity contribution in [1.82, 2.24) is 14.9 Å². The number of sulfonamides is 1. The van der Waals surface area contributed by atoms with Gasteiger partial charge in [-0.15, -0.1) is 0 Å². The number of benzene rings is 1. The lowest BCUT2D eigenvalue weighted by molar-refractivity contribution is -0.140. The zero-order chi connectivity index (χ0) is 30.2. The molecule has 0 saturated heterocycles. The third kappa shape index (κ3) is 6.45. The minimum atomic E-state index is -3.84. The highest BCUT2D eigenvalue weighted by molar-refractivity contribution is 7.91. The standard InChI is InChI=1S/C29H37FN4O7S/c1-17-8-11-23(30)24(13-17)31-28(38)41-19-14-21-22(15-19)26(36)34(2)12-6-4-3-5-7-18-16-29(18,32-25(21)35)27(37)33-42(39,40)20-9-10-20/h5,7-8,11,13,18-22H,3-4,6,9-10,12,14-16H2,1-2H3,(H,31,38)(H,32,35)(H,33,37)/b7-5-/t18-,19+,21-,22-,29+/m0/s1. The fraction of sp³-hybridized carbons (Fsp3) is 0.586. The van der Waals surface area contributed by atoms with Crippen LogP contribution >= 0.6 is 0 Å². The Morgan fingerprint density at radius 1 is 1.14 bits per heavy atom. The van der Waals surface area contributed by atoms with Crippen molar-refractivity contribution in [3.05, 3.63) is 41.7 Å². The molecule has 1 heterocycles. The number of halogens is 1. The summed E-state index contributed by atoms with van der Waals surface area (Å²) in [6.07, 6.45) is 5.57. The van der Waals surface area contributed by atoms with E-state index in [1.54, 1.807) is 24.9 Å². The van der Waals surface area contributed by atoms with Crippen molar-refractivity contribution in [2.45, 2.75) is 75.2 Å². The minimum absolute atomic E-state index is 0.0123. The van der Waals surface area contributed by atoms with Crippen molar-refractivity contribution in [1.29, 1.82) is 0 Å². The molecule has 5 rings (SSSR count). The maximum Gasteiger partial charge on any atom is 0.411 e. The van der Waals surface area contributed by atoms with Gasteiger partial charge < -0.3 is 15.0 Å². The predicted octanol–water partition coefficient (Wildman–Crippen LogP) is 2.76. The molecular formula is C29H37FN4O7S. The van der Waals surface area contributed by atoms with Gasteiger partial charge in [-0.05, 0) is 76.0 Å². The van der Waals surface area contributed by atoms with Crippen molar-refractivity contribution in [3.8, 4) is 0 Å². The number of anilines is 1. The van der Waals surface area contributed by atoms with Crippen LogP contribution in [0.2, 0.25) is 0 Å². The molecule has 5 atom stereocenters. The summed E-state index contributed by atoms with van der Waals surface area (Å²) >= 11 is 0. The zero-order valence-electron chi connectivity index (χ0n) is 23.7. The number of rotatable bonds is 5. The summed E-state index contributed by atoms with van der Waals surface area (Å²) in [7, 11) is -2.18. The lowest BCUT2D eigenvalue weighted by atomic mass is 9.93. The highest BCUT2D eigenvalue weighted by Gasteiger charge is 2.62. The third-order valence-electron chi connectivity index (χ3n) is 8.63. The van der Waals surface area contributed by atoms with Gasteiger partial charge in [0, 0.05) is 19.5 Å². The molecule has 4 amide bonds. The fourth-order valence-electron chi connectivity index (χ4n) is 5.92. The normalized spacial score (nSPS) is 30.7. The maximum absolute atomic E-state index is 14.2. The van der Waals surface area contributed by atoms with Crippen LogP contribution in [0.25, 0.3) is 0 Å². The molecule has 3 fully saturated rings. The minimum Gasteiger partial charge on any atom is -0.446 e.